The predicted octanol–water partition coefficient (Wildman–Crippen LogP) is 3.63. The molecule has 0 aliphatic carbocycles. The van der Waals surface area contributed by atoms with E-state index < -0.39 is 0 Å². The van der Waals surface area contributed by atoms with Gasteiger partial charge in [0.2, 0.25) is 0 Å². The molecule has 0 unspecified atom stereocenters. The van der Waals surface area contributed by atoms with E-state index in [1.54, 1.807) is 55.6 Å². The number of hydrogen-bond acceptors (Lipinski definition) is 6. The number of anilines is 1. The van der Waals surface area contributed by atoms with Crippen LogP contribution in [0, 0.1) is 0 Å². The normalized spacial score (nSPS) is 13.8. The number of rotatable bonds is 6. The van der Waals surface area contributed by atoms with Gasteiger partial charge in [-0.05, 0) is 49.2 Å². The summed E-state index contributed by atoms with van der Waals surface area (Å²) in [4.78, 5) is 30.1. The van der Waals surface area contributed by atoms with Crippen molar-refractivity contribution in [2.75, 3.05) is 32.2 Å². The molecule has 1 fully saturated rings. The second-order valence-electron chi connectivity index (χ2n) is 6.83. The summed E-state index contributed by atoms with van der Waals surface area (Å²) in [6.45, 7) is 0.928. The maximum Gasteiger partial charge on any atom is 0.313 e. The maximum absolute atomic E-state index is 12.5. The number of fused-ring (bicyclic) bond motifs is 1. The molecular weight excluding hydrogens is 388 g/mol. The Bertz CT molecular complexity index is 1050. The standard InChI is InChI=1S/C22H22N2O6/c1-27-17-5-4-6-18(13-17)28-14-21(25)23-16-7-8-19-15(11-16)12-20(30-19)22(26)24-9-2-3-10-29-24/h4-8,11-13H,2-3,9-10,14H2,1H3,(H,23,25). The summed E-state index contributed by atoms with van der Waals surface area (Å²) in [7, 11) is 1.57. The molecule has 4 rings (SSSR count). The lowest BCUT2D eigenvalue weighted by Gasteiger charge is -2.24. The molecule has 3 aromatic rings. The quantitative estimate of drug-likeness (QED) is 0.667. The highest BCUT2D eigenvalue weighted by Crippen LogP contribution is 2.25. The number of furan rings is 1. The highest BCUT2D eigenvalue weighted by Gasteiger charge is 2.23. The van der Waals surface area contributed by atoms with Crippen LogP contribution < -0.4 is 14.8 Å². The van der Waals surface area contributed by atoms with Crippen molar-refractivity contribution in [1.82, 2.24) is 5.06 Å². The van der Waals surface area contributed by atoms with Gasteiger partial charge in [0.15, 0.2) is 12.4 Å². The van der Waals surface area contributed by atoms with Gasteiger partial charge in [0.25, 0.3) is 5.91 Å². The number of amides is 2. The summed E-state index contributed by atoms with van der Waals surface area (Å²) >= 11 is 0. The first kappa shape index (κ1) is 19.8. The number of carbonyl (C=O) groups excluding carboxylic acids is 2. The molecule has 1 saturated heterocycles. The first-order valence-electron chi connectivity index (χ1n) is 9.67. The number of carbonyl (C=O) groups is 2. The molecule has 0 saturated carbocycles. The van der Waals surface area contributed by atoms with Gasteiger partial charge in [-0.15, -0.1) is 0 Å². The van der Waals surface area contributed by atoms with Crippen molar-refractivity contribution >= 4 is 28.5 Å². The summed E-state index contributed by atoms with van der Waals surface area (Å²) in [6.07, 6.45) is 1.84. The molecule has 2 amide bonds. The van der Waals surface area contributed by atoms with E-state index in [1.165, 1.54) is 5.06 Å². The van der Waals surface area contributed by atoms with E-state index in [0.717, 1.165) is 12.8 Å². The SMILES string of the molecule is COc1cccc(OCC(=O)Nc2ccc3oc(C(=O)N4CCCCO4)cc3c2)c1. The van der Waals surface area contributed by atoms with Crippen molar-refractivity contribution in [3.8, 4) is 11.5 Å². The topological polar surface area (TPSA) is 90.2 Å². The lowest BCUT2D eigenvalue weighted by atomic mass is 10.2. The number of hydroxylamine groups is 2. The molecule has 0 atom stereocenters. The smallest absolute Gasteiger partial charge is 0.313 e. The Balaban J connectivity index is 1.39. The minimum absolute atomic E-state index is 0.146. The number of nitrogens with zero attached hydrogens (tertiary/aromatic N) is 1. The second kappa shape index (κ2) is 8.87. The third-order valence-electron chi connectivity index (χ3n) is 4.65. The van der Waals surface area contributed by atoms with E-state index in [9.17, 15) is 9.59 Å². The highest BCUT2D eigenvalue weighted by molar-refractivity contribution is 5.98. The third-order valence-corrected chi connectivity index (χ3v) is 4.65. The molecule has 8 nitrogen and oxygen atoms in total. The Labute approximate surface area is 173 Å². The Morgan fingerprint density at radius 1 is 1.10 bits per heavy atom. The molecule has 1 N–H and O–H groups in total. The molecule has 1 aliphatic rings. The van der Waals surface area contributed by atoms with E-state index in [2.05, 4.69) is 5.32 Å². The summed E-state index contributed by atoms with van der Waals surface area (Å²) in [5.74, 6) is 0.787. The average molecular weight is 410 g/mol. The molecule has 8 heteroatoms. The zero-order chi connectivity index (χ0) is 20.9. The van der Waals surface area contributed by atoms with E-state index >= 15 is 0 Å². The summed E-state index contributed by atoms with van der Waals surface area (Å²) < 4.78 is 16.3. The fourth-order valence-corrected chi connectivity index (χ4v) is 3.14. The van der Waals surface area contributed by atoms with Crippen LogP contribution in [0.5, 0.6) is 11.5 Å². The lowest BCUT2D eigenvalue weighted by Crippen LogP contribution is -2.35. The molecule has 0 radical (unpaired) electrons. The molecule has 0 spiro atoms. The van der Waals surface area contributed by atoms with Gasteiger partial charge >= 0.3 is 5.91 Å². The molecule has 1 aromatic heterocycles. The number of methoxy groups -OCH3 is 1. The maximum atomic E-state index is 12.5. The Morgan fingerprint density at radius 3 is 2.77 bits per heavy atom. The van der Waals surface area contributed by atoms with E-state index in [-0.39, 0.29) is 24.2 Å². The van der Waals surface area contributed by atoms with Gasteiger partial charge in [-0.2, -0.15) is 0 Å². The van der Waals surface area contributed by atoms with Crippen LogP contribution in [0.4, 0.5) is 5.69 Å². The van der Waals surface area contributed by atoms with Gasteiger partial charge in [0.1, 0.15) is 17.1 Å². The largest absolute Gasteiger partial charge is 0.497 e. The highest BCUT2D eigenvalue weighted by atomic mass is 16.7. The van der Waals surface area contributed by atoms with Gasteiger partial charge in [0.05, 0.1) is 13.7 Å². The van der Waals surface area contributed by atoms with Gasteiger partial charge in [-0.25, -0.2) is 5.06 Å². The zero-order valence-corrected chi connectivity index (χ0v) is 16.6. The molecular formula is C22H22N2O6. The molecule has 30 heavy (non-hydrogen) atoms. The zero-order valence-electron chi connectivity index (χ0n) is 16.6. The van der Waals surface area contributed by atoms with Crippen molar-refractivity contribution < 1.29 is 28.3 Å². The van der Waals surface area contributed by atoms with Crippen LogP contribution in [0.1, 0.15) is 23.4 Å². The van der Waals surface area contributed by atoms with Crippen LogP contribution >= 0.6 is 0 Å². The molecule has 0 bridgehead atoms. The van der Waals surface area contributed by atoms with Gasteiger partial charge in [-0.1, -0.05) is 6.07 Å². The lowest BCUT2D eigenvalue weighted by molar-refractivity contribution is -0.145. The monoisotopic (exact) mass is 410 g/mol. The Morgan fingerprint density at radius 2 is 1.97 bits per heavy atom. The first-order valence-corrected chi connectivity index (χ1v) is 9.67. The molecule has 2 aromatic carbocycles. The van der Waals surface area contributed by atoms with Crippen LogP contribution in [-0.4, -0.2) is 43.7 Å². The molecule has 1 aliphatic heterocycles. The van der Waals surface area contributed by atoms with E-state index in [1.807, 2.05) is 0 Å². The third kappa shape index (κ3) is 4.55. The molecule has 156 valence electrons. The van der Waals surface area contributed by atoms with Crippen molar-refractivity contribution in [1.29, 1.82) is 0 Å². The van der Waals surface area contributed by atoms with Crippen LogP contribution in [0.15, 0.2) is 52.9 Å². The summed E-state index contributed by atoms with van der Waals surface area (Å²) in [6, 6.07) is 13.8. The van der Waals surface area contributed by atoms with Gasteiger partial charge in [-0.3, -0.25) is 14.4 Å². The van der Waals surface area contributed by atoms with Crippen molar-refractivity contribution in [2.24, 2.45) is 0 Å². The number of ether oxygens (including phenoxy) is 2. The van der Waals surface area contributed by atoms with Crippen molar-refractivity contribution in [3.63, 3.8) is 0 Å². The fraction of sp³-hybridized carbons (Fsp3) is 0.273. The Kier molecular flexibility index (Phi) is 5.85. The Hall–Kier alpha value is -3.52. The minimum atomic E-state index is -0.307. The summed E-state index contributed by atoms with van der Waals surface area (Å²) in [5.41, 5.74) is 1.14. The van der Waals surface area contributed by atoms with Gasteiger partial charge in [0, 0.05) is 23.7 Å². The number of nitrogens with one attached hydrogen (secondary N) is 1. The van der Waals surface area contributed by atoms with Gasteiger partial charge < -0.3 is 19.2 Å². The molecule has 2 heterocycles. The summed E-state index contributed by atoms with van der Waals surface area (Å²) in [5, 5.41) is 4.82. The van der Waals surface area contributed by atoms with Crippen LogP contribution in [-0.2, 0) is 9.63 Å². The first-order chi connectivity index (χ1) is 14.6. The minimum Gasteiger partial charge on any atom is -0.497 e. The average Bonchev–Trinajstić information content (AvgIpc) is 3.21. The van der Waals surface area contributed by atoms with E-state index in [4.69, 9.17) is 18.7 Å². The number of benzene rings is 2. The van der Waals surface area contributed by atoms with Crippen molar-refractivity contribution in [2.45, 2.75) is 12.8 Å². The number of hydrogen-bond donors (Lipinski definition) is 1. The van der Waals surface area contributed by atoms with Crippen LogP contribution in [0.3, 0.4) is 0 Å². The predicted molar refractivity (Wildman–Crippen MR) is 110 cm³/mol. The van der Waals surface area contributed by atoms with Crippen molar-refractivity contribution in [3.05, 3.63) is 54.3 Å². The fourth-order valence-electron chi connectivity index (χ4n) is 3.14. The second-order valence-corrected chi connectivity index (χ2v) is 6.83. The van der Waals surface area contributed by atoms with Crippen LogP contribution in [0.2, 0.25) is 0 Å². The van der Waals surface area contributed by atoms with Crippen LogP contribution in [0.25, 0.3) is 11.0 Å². The van der Waals surface area contributed by atoms with E-state index in [0.29, 0.717) is 41.3 Å².